The van der Waals surface area contributed by atoms with Gasteiger partial charge in [-0.1, -0.05) is 49.6 Å². The van der Waals surface area contributed by atoms with Gasteiger partial charge in [0.2, 0.25) is 0 Å². The van der Waals surface area contributed by atoms with E-state index in [4.69, 9.17) is 0 Å². The van der Waals surface area contributed by atoms with Crippen molar-refractivity contribution in [1.29, 1.82) is 0 Å². The topological polar surface area (TPSA) is 12.0 Å². The van der Waals surface area contributed by atoms with Crippen LogP contribution in [0.5, 0.6) is 0 Å². The Morgan fingerprint density at radius 2 is 1.79 bits per heavy atom. The first-order valence-corrected chi connectivity index (χ1v) is 7.50. The summed E-state index contributed by atoms with van der Waals surface area (Å²) in [5.74, 6) is -0.197. The van der Waals surface area contributed by atoms with E-state index in [-0.39, 0.29) is 11.9 Å². The van der Waals surface area contributed by atoms with Crippen molar-refractivity contribution in [2.75, 3.05) is 7.05 Å². The lowest BCUT2D eigenvalue weighted by atomic mass is 9.97. The molecule has 1 nitrogen and oxygen atoms in total. The smallest absolute Gasteiger partial charge is 0.128 e. The molecule has 0 amide bonds. The molecule has 0 bridgehead atoms. The molecule has 4 heteroatoms. The Balaban J connectivity index is 2.55. The molecule has 0 saturated carbocycles. The molecule has 2 rings (SSSR count). The van der Waals surface area contributed by atoms with E-state index in [1.165, 1.54) is 6.07 Å². The number of aryl methyl sites for hydroxylation is 1. The van der Waals surface area contributed by atoms with Gasteiger partial charge in [-0.25, -0.2) is 4.39 Å². The Kier molecular flexibility index (Phi) is 4.76. The summed E-state index contributed by atoms with van der Waals surface area (Å²) in [5, 5.41) is 3.18. The minimum Gasteiger partial charge on any atom is -0.309 e. The third-order valence-electron chi connectivity index (χ3n) is 3.02. The van der Waals surface area contributed by atoms with Gasteiger partial charge in [-0.3, -0.25) is 0 Å². The molecule has 0 spiro atoms. The van der Waals surface area contributed by atoms with E-state index >= 15 is 0 Å². The fourth-order valence-electron chi connectivity index (χ4n) is 2.10. The predicted octanol–water partition coefficient (Wildman–Crippen LogP) is 4.97. The summed E-state index contributed by atoms with van der Waals surface area (Å²) in [7, 11) is 1.83. The first kappa shape index (κ1) is 14.7. The number of rotatable bonds is 3. The van der Waals surface area contributed by atoms with Gasteiger partial charge in [0.1, 0.15) is 5.82 Å². The van der Waals surface area contributed by atoms with Crippen LogP contribution < -0.4 is 5.32 Å². The van der Waals surface area contributed by atoms with Gasteiger partial charge in [-0.2, -0.15) is 0 Å². The highest BCUT2D eigenvalue weighted by molar-refractivity contribution is 9.11. The predicted molar refractivity (Wildman–Crippen MR) is 83.9 cm³/mol. The van der Waals surface area contributed by atoms with E-state index in [0.717, 1.165) is 20.1 Å². The van der Waals surface area contributed by atoms with Crippen molar-refractivity contribution in [3.05, 3.63) is 67.9 Å². The Labute approximate surface area is 129 Å². The second kappa shape index (κ2) is 6.16. The monoisotopic (exact) mass is 385 g/mol. The van der Waals surface area contributed by atoms with Crippen molar-refractivity contribution >= 4 is 31.9 Å². The second-order valence-electron chi connectivity index (χ2n) is 4.41. The van der Waals surface area contributed by atoms with Crippen LogP contribution in [0, 0.1) is 12.7 Å². The Morgan fingerprint density at radius 3 is 2.47 bits per heavy atom. The van der Waals surface area contributed by atoms with E-state index in [1.807, 2.05) is 38.2 Å². The van der Waals surface area contributed by atoms with Gasteiger partial charge in [0.15, 0.2) is 0 Å². The fourth-order valence-corrected chi connectivity index (χ4v) is 2.95. The zero-order chi connectivity index (χ0) is 14.0. The van der Waals surface area contributed by atoms with Crippen LogP contribution in [0.2, 0.25) is 0 Å². The van der Waals surface area contributed by atoms with Crippen molar-refractivity contribution in [2.45, 2.75) is 13.0 Å². The highest BCUT2D eigenvalue weighted by Gasteiger charge is 2.19. The van der Waals surface area contributed by atoms with Gasteiger partial charge in [0, 0.05) is 14.5 Å². The summed E-state index contributed by atoms with van der Waals surface area (Å²) in [4.78, 5) is 0. The maximum absolute atomic E-state index is 14.1. The van der Waals surface area contributed by atoms with Gasteiger partial charge in [0.05, 0.1) is 6.04 Å². The Bertz CT molecular complexity index is 547. The molecule has 0 aromatic heterocycles. The molecular formula is C15H14Br2FN. The summed E-state index contributed by atoms with van der Waals surface area (Å²) in [6, 6.07) is 10.9. The zero-order valence-electron chi connectivity index (χ0n) is 10.7. The largest absolute Gasteiger partial charge is 0.309 e. The molecule has 0 aliphatic rings. The van der Waals surface area contributed by atoms with Crippen LogP contribution in [0.25, 0.3) is 0 Å². The first-order chi connectivity index (χ1) is 9.02. The molecule has 2 aromatic rings. The van der Waals surface area contributed by atoms with Gasteiger partial charge < -0.3 is 5.32 Å². The lowest BCUT2D eigenvalue weighted by Crippen LogP contribution is -2.19. The minimum absolute atomic E-state index is 0.188. The molecule has 19 heavy (non-hydrogen) atoms. The van der Waals surface area contributed by atoms with Crippen molar-refractivity contribution in [3.8, 4) is 0 Å². The molecule has 0 saturated heterocycles. The molecule has 2 aromatic carbocycles. The molecule has 1 unspecified atom stereocenters. The fraction of sp³-hybridized carbons (Fsp3) is 0.200. The normalized spacial score (nSPS) is 12.5. The van der Waals surface area contributed by atoms with Crippen LogP contribution in [-0.2, 0) is 0 Å². The number of nitrogens with one attached hydrogen (secondary N) is 1. The number of halogens is 3. The van der Waals surface area contributed by atoms with Crippen LogP contribution >= 0.6 is 31.9 Å². The number of benzene rings is 2. The second-order valence-corrected chi connectivity index (χ2v) is 6.18. The van der Waals surface area contributed by atoms with Crippen LogP contribution in [0.3, 0.4) is 0 Å². The van der Waals surface area contributed by atoms with E-state index in [1.54, 1.807) is 6.07 Å². The highest BCUT2D eigenvalue weighted by Crippen LogP contribution is 2.32. The average Bonchev–Trinajstić information content (AvgIpc) is 2.38. The standard InChI is InChI=1S/C15H14Br2FN/c1-9-3-6-14(18)12(7-9)15(19-2)11-8-10(16)4-5-13(11)17/h3-8,15,19H,1-2H3. The van der Waals surface area contributed by atoms with Crippen molar-refractivity contribution < 1.29 is 4.39 Å². The van der Waals surface area contributed by atoms with Gasteiger partial charge >= 0.3 is 0 Å². The van der Waals surface area contributed by atoms with Gasteiger partial charge in [-0.05, 0) is 43.8 Å². The van der Waals surface area contributed by atoms with Gasteiger partial charge in [0.25, 0.3) is 0 Å². The summed E-state index contributed by atoms with van der Waals surface area (Å²) in [6.07, 6.45) is 0. The minimum atomic E-state index is -0.197. The first-order valence-electron chi connectivity index (χ1n) is 5.91. The molecular weight excluding hydrogens is 373 g/mol. The Hall–Kier alpha value is -0.710. The van der Waals surface area contributed by atoms with Crippen molar-refractivity contribution in [3.63, 3.8) is 0 Å². The van der Waals surface area contributed by atoms with Crippen LogP contribution in [0.4, 0.5) is 4.39 Å². The molecule has 1 N–H and O–H groups in total. The summed E-state index contributed by atoms with van der Waals surface area (Å²) >= 11 is 6.99. The lowest BCUT2D eigenvalue weighted by Gasteiger charge is -2.20. The Morgan fingerprint density at radius 1 is 1.05 bits per heavy atom. The van der Waals surface area contributed by atoms with Gasteiger partial charge in [-0.15, -0.1) is 0 Å². The van der Waals surface area contributed by atoms with Crippen molar-refractivity contribution in [2.24, 2.45) is 0 Å². The summed E-state index contributed by atoms with van der Waals surface area (Å²) in [6.45, 7) is 1.96. The van der Waals surface area contributed by atoms with Crippen LogP contribution in [-0.4, -0.2) is 7.05 Å². The SMILES string of the molecule is CNC(c1cc(C)ccc1F)c1cc(Br)ccc1Br. The summed E-state index contributed by atoms with van der Waals surface area (Å²) < 4.78 is 16.0. The summed E-state index contributed by atoms with van der Waals surface area (Å²) in [5.41, 5.74) is 2.70. The average molecular weight is 387 g/mol. The van der Waals surface area contributed by atoms with E-state index in [9.17, 15) is 4.39 Å². The number of hydrogen-bond donors (Lipinski definition) is 1. The highest BCUT2D eigenvalue weighted by atomic mass is 79.9. The third-order valence-corrected chi connectivity index (χ3v) is 4.24. The van der Waals surface area contributed by atoms with E-state index in [2.05, 4.69) is 37.2 Å². The molecule has 0 heterocycles. The molecule has 0 radical (unpaired) electrons. The maximum atomic E-state index is 14.1. The van der Waals surface area contributed by atoms with E-state index < -0.39 is 0 Å². The van der Waals surface area contributed by atoms with Crippen LogP contribution in [0.15, 0.2) is 45.3 Å². The maximum Gasteiger partial charge on any atom is 0.128 e. The third kappa shape index (κ3) is 3.25. The molecule has 0 aliphatic heterocycles. The molecule has 1 atom stereocenters. The van der Waals surface area contributed by atoms with Crippen molar-refractivity contribution in [1.82, 2.24) is 5.32 Å². The zero-order valence-corrected chi connectivity index (χ0v) is 13.8. The molecule has 0 fully saturated rings. The quantitative estimate of drug-likeness (QED) is 0.785. The molecule has 100 valence electrons. The number of hydrogen-bond acceptors (Lipinski definition) is 1. The molecule has 0 aliphatic carbocycles. The lowest BCUT2D eigenvalue weighted by molar-refractivity contribution is 0.574. The van der Waals surface area contributed by atoms with E-state index in [0.29, 0.717) is 5.56 Å². The van der Waals surface area contributed by atoms with Crippen LogP contribution in [0.1, 0.15) is 22.7 Å².